The summed E-state index contributed by atoms with van der Waals surface area (Å²) in [4.78, 5) is 15.7. The minimum atomic E-state index is -0.825. The van der Waals surface area contributed by atoms with Gasteiger partial charge in [-0.2, -0.15) is 0 Å². The molecule has 0 unspecified atom stereocenters. The van der Waals surface area contributed by atoms with E-state index in [2.05, 4.69) is 5.32 Å². The van der Waals surface area contributed by atoms with Crippen molar-refractivity contribution in [3.05, 3.63) is 65.5 Å². The molecule has 31 heavy (non-hydrogen) atoms. The Morgan fingerprint density at radius 3 is 2.42 bits per heavy atom. The monoisotopic (exact) mass is 446 g/mol. The molecule has 4 nitrogen and oxygen atoms in total. The van der Waals surface area contributed by atoms with Crippen molar-refractivity contribution in [1.82, 2.24) is 5.32 Å². The molecule has 2 aromatic carbocycles. The summed E-state index contributed by atoms with van der Waals surface area (Å²) in [5, 5.41) is 14.5. The van der Waals surface area contributed by atoms with E-state index in [1.807, 2.05) is 44.2 Å². The van der Waals surface area contributed by atoms with Gasteiger partial charge in [0.05, 0.1) is 23.2 Å². The lowest BCUT2D eigenvalue weighted by molar-refractivity contribution is -0.125. The Kier molecular flexibility index (Phi) is 7.40. The zero-order chi connectivity index (χ0) is 21.3. The van der Waals surface area contributed by atoms with Crippen molar-refractivity contribution in [1.29, 1.82) is 0 Å². The third-order valence-electron chi connectivity index (χ3n) is 6.59. The van der Waals surface area contributed by atoms with Crippen LogP contribution in [0.15, 0.2) is 48.5 Å². The number of nitrogens with zero attached hydrogens (tertiary/aromatic N) is 1. The van der Waals surface area contributed by atoms with Crippen LogP contribution in [0, 0.1) is 5.82 Å². The molecule has 168 valence electrons. The lowest BCUT2D eigenvalue weighted by atomic mass is 9.70. The van der Waals surface area contributed by atoms with Gasteiger partial charge in [-0.05, 0) is 36.1 Å². The van der Waals surface area contributed by atoms with E-state index in [1.54, 1.807) is 11.0 Å². The second-order valence-electron chi connectivity index (χ2n) is 8.97. The van der Waals surface area contributed by atoms with Crippen molar-refractivity contribution in [3.63, 3.8) is 0 Å². The Bertz CT molecular complexity index is 900. The SMILES string of the molecule is CC(C)NC[C@@H](O)[C@H](c1ccccc1)N1C(=O)C2(CCCCC2)c2ccc(F)cc21.Cl. The standard InChI is InChI=1S/C25H31FN2O2.ClH/c1-17(2)27-16-22(29)23(18-9-5-3-6-10-18)28-21-15-19(26)11-12-20(21)25(24(28)30)13-7-4-8-14-25;/h3,5-6,9-12,15,17,22-23,27,29H,4,7-8,13-14,16H2,1-2H3;1H/t22-,23+;/m1./s1. The van der Waals surface area contributed by atoms with Crippen LogP contribution in [0.2, 0.25) is 0 Å². The molecule has 4 rings (SSSR count). The molecule has 1 aliphatic carbocycles. The van der Waals surface area contributed by atoms with Gasteiger partial charge in [-0.3, -0.25) is 4.79 Å². The second kappa shape index (κ2) is 9.68. The van der Waals surface area contributed by atoms with Crippen LogP contribution in [0.5, 0.6) is 0 Å². The Balaban J connectivity index is 0.00000272. The summed E-state index contributed by atoms with van der Waals surface area (Å²) in [5.74, 6) is -0.360. The molecular weight excluding hydrogens is 415 g/mol. The van der Waals surface area contributed by atoms with Crippen LogP contribution < -0.4 is 10.2 Å². The number of hydrogen-bond donors (Lipinski definition) is 2. The molecule has 2 aromatic rings. The fraction of sp³-hybridized carbons (Fsp3) is 0.480. The van der Waals surface area contributed by atoms with Gasteiger partial charge in [0.15, 0.2) is 0 Å². The van der Waals surface area contributed by atoms with Crippen molar-refractivity contribution in [3.8, 4) is 0 Å². The van der Waals surface area contributed by atoms with E-state index in [-0.39, 0.29) is 30.2 Å². The second-order valence-corrected chi connectivity index (χ2v) is 8.97. The van der Waals surface area contributed by atoms with Crippen LogP contribution in [0.25, 0.3) is 0 Å². The average molecular weight is 447 g/mol. The van der Waals surface area contributed by atoms with E-state index in [0.29, 0.717) is 12.2 Å². The topological polar surface area (TPSA) is 52.6 Å². The number of carbonyl (C=O) groups excluding carboxylic acids is 1. The summed E-state index contributed by atoms with van der Waals surface area (Å²) in [6, 6.07) is 13.9. The number of aliphatic hydroxyl groups excluding tert-OH is 1. The highest BCUT2D eigenvalue weighted by Gasteiger charge is 2.53. The van der Waals surface area contributed by atoms with Crippen molar-refractivity contribution < 1.29 is 14.3 Å². The van der Waals surface area contributed by atoms with E-state index in [0.717, 1.165) is 43.2 Å². The van der Waals surface area contributed by atoms with Gasteiger partial charge in [0.25, 0.3) is 0 Å². The van der Waals surface area contributed by atoms with Gasteiger partial charge in [0, 0.05) is 12.6 Å². The lowest BCUT2D eigenvalue weighted by Gasteiger charge is -2.36. The number of benzene rings is 2. The van der Waals surface area contributed by atoms with Gasteiger partial charge in [0.1, 0.15) is 5.82 Å². The first-order valence-corrected chi connectivity index (χ1v) is 11.0. The van der Waals surface area contributed by atoms with Crippen LogP contribution in [0.3, 0.4) is 0 Å². The average Bonchev–Trinajstić information content (AvgIpc) is 2.96. The fourth-order valence-electron chi connectivity index (χ4n) is 5.14. The Labute approximate surface area is 190 Å². The third-order valence-corrected chi connectivity index (χ3v) is 6.59. The molecule has 6 heteroatoms. The molecular formula is C25H32ClFN2O2. The van der Waals surface area contributed by atoms with Gasteiger partial charge in [0.2, 0.25) is 5.91 Å². The van der Waals surface area contributed by atoms with Crippen molar-refractivity contribution in [2.45, 2.75) is 69.6 Å². The van der Waals surface area contributed by atoms with E-state index in [1.165, 1.54) is 12.1 Å². The highest BCUT2D eigenvalue weighted by Crippen LogP contribution is 2.52. The normalized spacial score (nSPS) is 19.3. The van der Waals surface area contributed by atoms with E-state index < -0.39 is 17.6 Å². The van der Waals surface area contributed by atoms with Crippen LogP contribution in [0.1, 0.15) is 63.1 Å². The summed E-state index contributed by atoms with van der Waals surface area (Å²) in [7, 11) is 0. The fourth-order valence-corrected chi connectivity index (χ4v) is 5.14. The number of aliphatic hydroxyl groups is 1. The molecule has 1 fully saturated rings. The lowest BCUT2D eigenvalue weighted by Crippen LogP contribution is -2.48. The predicted molar refractivity (Wildman–Crippen MR) is 124 cm³/mol. The summed E-state index contributed by atoms with van der Waals surface area (Å²) >= 11 is 0. The maximum Gasteiger partial charge on any atom is 0.238 e. The largest absolute Gasteiger partial charge is 0.389 e. The highest BCUT2D eigenvalue weighted by molar-refractivity contribution is 6.08. The molecule has 2 atom stereocenters. The third kappa shape index (κ3) is 4.36. The smallest absolute Gasteiger partial charge is 0.238 e. The molecule has 1 spiro atoms. The molecule has 1 amide bonds. The van der Waals surface area contributed by atoms with Crippen LogP contribution in [-0.2, 0) is 10.2 Å². The Morgan fingerprint density at radius 2 is 1.77 bits per heavy atom. The maximum absolute atomic E-state index is 14.3. The van der Waals surface area contributed by atoms with Crippen molar-refractivity contribution in [2.24, 2.45) is 0 Å². The molecule has 1 saturated carbocycles. The van der Waals surface area contributed by atoms with E-state index in [9.17, 15) is 14.3 Å². The Hall–Kier alpha value is -1.95. The molecule has 0 aromatic heterocycles. The van der Waals surface area contributed by atoms with Crippen LogP contribution in [-0.4, -0.2) is 29.7 Å². The predicted octanol–water partition coefficient (Wildman–Crippen LogP) is 4.90. The van der Waals surface area contributed by atoms with Gasteiger partial charge < -0.3 is 15.3 Å². The number of nitrogens with one attached hydrogen (secondary N) is 1. The number of hydrogen-bond acceptors (Lipinski definition) is 3. The molecule has 0 bridgehead atoms. The minimum absolute atomic E-state index is 0. The quantitative estimate of drug-likeness (QED) is 0.663. The zero-order valence-electron chi connectivity index (χ0n) is 18.2. The summed E-state index contributed by atoms with van der Waals surface area (Å²) in [6.07, 6.45) is 3.84. The molecule has 2 N–H and O–H groups in total. The Morgan fingerprint density at radius 1 is 1.10 bits per heavy atom. The summed E-state index contributed by atoms with van der Waals surface area (Å²) in [5.41, 5.74) is 1.78. The van der Waals surface area contributed by atoms with Gasteiger partial charge >= 0.3 is 0 Å². The number of amides is 1. The maximum atomic E-state index is 14.3. The van der Waals surface area contributed by atoms with Crippen LogP contribution >= 0.6 is 12.4 Å². The first-order valence-electron chi connectivity index (χ1n) is 11.0. The van der Waals surface area contributed by atoms with E-state index >= 15 is 0 Å². The number of rotatable bonds is 6. The number of anilines is 1. The number of fused-ring (bicyclic) bond motifs is 2. The minimum Gasteiger partial charge on any atom is -0.389 e. The first kappa shape index (κ1) is 23.7. The molecule has 2 aliphatic rings. The van der Waals surface area contributed by atoms with Crippen LogP contribution in [0.4, 0.5) is 10.1 Å². The zero-order valence-corrected chi connectivity index (χ0v) is 19.0. The van der Waals surface area contributed by atoms with Gasteiger partial charge in [-0.1, -0.05) is 69.5 Å². The molecule has 0 radical (unpaired) electrons. The number of halogens is 2. The number of carbonyl (C=O) groups is 1. The molecule has 0 saturated heterocycles. The summed E-state index contributed by atoms with van der Waals surface area (Å²) < 4.78 is 14.3. The molecule has 1 heterocycles. The van der Waals surface area contributed by atoms with Crippen molar-refractivity contribution >= 4 is 24.0 Å². The van der Waals surface area contributed by atoms with Crippen molar-refractivity contribution in [2.75, 3.05) is 11.4 Å². The summed E-state index contributed by atoms with van der Waals surface area (Å²) in [6.45, 7) is 4.39. The molecule has 1 aliphatic heterocycles. The van der Waals surface area contributed by atoms with Gasteiger partial charge in [-0.25, -0.2) is 4.39 Å². The van der Waals surface area contributed by atoms with Gasteiger partial charge in [-0.15, -0.1) is 12.4 Å². The first-order chi connectivity index (χ1) is 14.4. The van der Waals surface area contributed by atoms with E-state index in [4.69, 9.17) is 0 Å². The highest BCUT2D eigenvalue weighted by atomic mass is 35.5.